The van der Waals surface area contributed by atoms with Crippen molar-refractivity contribution in [3.05, 3.63) is 0 Å². The minimum Gasteiger partial charge on any atom is -0.400 e. The second-order valence-corrected chi connectivity index (χ2v) is 3.53. The molecule has 66 valence electrons. The molecule has 0 atom stereocenters. The maximum atomic E-state index is 12.6. The van der Waals surface area contributed by atoms with Gasteiger partial charge in [-0.15, -0.1) is 11.6 Å². The summed E-state index contributed by atoms with van der Waals surface area (Å²) in [5.74, 6) is -1.05. The van der Waals surface area contributed by atoms with Crippen molar-refractivity contribution in [1.82, 2.24) is 0 Å². The number of halogens is 3. The Bertz CT molecular complexity index is 162. The van der Waals surface area contributed by atoms with E-state index >= 15 is 0 Å². The first-order chi connectivity index (χ1) is 4.67. The third-order valence-corrected chi connectivity index (χ3v) is 1.18. The molecule has 0 saturated heterocycles. The Hall–Kier alpha value is -0.380. The summed E-state index contributed by atoms with van der Waals surface area (Å²) in [5, 5.41) is 0. The summed E-state index contributed by atoms with van der Waals surface area (Å²) < 4.78 is 28.9. The number of rotatable bonds is 2. The van der Waals surface area contributed by atoms with E-state index in [2.05, 4.69) is 4.74 Å². The summed E-state index contributed by atoms with van der Waals surface area (Å²) in [4.78, 5) is 8.27. The van der Waals surface area contributed by atoms with Gasteiger partial charge < -0.3 is 4.74 Å². The van der Waals surface area contributed by atoms with Crippen LogP contribution in [-0.4, -0.2) is 17.0 Å². The average molecular weight is 187 g/mol. The van der Waals surface area contributed by atoms with Gasteiger partial charge in [-0.2, -0.15) is 8.78 Å². The zero-order valence-electron chi connectivity index (χ0n) is 6.45. The molecule has 0 spiro atoms. The van der Waals surface area contributed by atoms with Crippen LogP contribution in [0.1, 0.15) is 20.8 Å². The highest BCUT2D eigenvalue weighted by molar-refractivity contribution is 6.24. The summed E-state index contributed by atoms with van der Waals surface area (Å²) in [6.45, 7) is 3.03. The topological polar surface area (TPSA) is 26.3 Å². The third kappa shape index (κ3) is 3.01. The molecular formula is C6H9ClF2O2. The van der Waals surface area contributed by atoms with Crippen LogP contribution >= 0.6 is 11.6 Å². The van der Waals surface area contributed by atoms with Crippen LogP contribution in [0.25, 0.3) is 0 Å². The first kappa shape index (κ1) is 10.6. The van der Waals surface area contributed by atoms with Crippen molar-refractivity contribution in [3.63, 3.8) is 0 Å². The molecule has 0 aliphatic rings. The Morgan fingerprint density at radius 3 is 1.91 bits per heavy atom. The van der Waals surface area contributed by atoms with Gasteiger partial charge in [0.15, 0.2) is 0 Å². The minimum absolute atomic E-state index is 0.899. The molecule has 0 N–H and O–H groups in total. The van der Waals surface area contributed by atoms with Gasteiger partial charge in [0.25, 0.3) is 0 Å². The normalized spacial score (nSPS) is 12.9. The summed E-state index contributed by atoms with van der Waals surface area (Å²) in [6.07, 6.45) is -3.62. The summed E-state index contributed by atoms with van der Waals surface area (Å²) in [5.41, 5.74) is 0. The van der Waals surface area contributed by atoms with E-state index in [0.717, 1.165) is 20.8 Å². The molecule has 0 aliphatic heterocycles. The van der Waals surface area contributed by atoms with Crippen LogP contribution < -0.4 is 0 Å². The summed E-state index contributed by atoms with van der Waals surface area (Å²) in [6, 6.07) is 0. The molecule has 0 rings (SSSR count). The Balaban J connectivity index is 4.34. The average Bonchev–Trinajstić information content (AvgIpc) is 1.56. The van der Waals surface area contributed by atoms with E-state index in [1.54, 1.807) is 0 Å². The van der Waals surface area contributed by atoms with Gasteiger partial charge in [-0.05, 0) is 13.8 Å². The highest BCUT2D eigenvalue weighted by Gasteiger charge is 2.49. The van der Waals surface area contributed by atoms with E-state index in [1.807, 2.05) is 0 Å². The van der Waals surface area contributed by atoms with E-state index in [9.17, 15) is 13.6 Å². The Morgan fingerprint density at radius 1 is 1.45 bits per heavy atom. The fraction of sp³-hybridized carbons (Fsp3) is 0.833. The van der Waals surface area contributed by atoms with E-state index in [4.69, 9.17) is 11.6 Å². The van der Waals surface area contributed by atoms with Crippen LogP contribution in [0, 0.1) is 0 Å². The number of carbonyl (C=O) groups is 1. The standard InChI is InChI=1S/C6H9ClF2O2/c1-4(10)11-6(8,9)5(2,3)7/h1-3H3. The molecule has 0 aromatic heterocycles. The first-order valence-corrected chi connectivity index (χ1v) is 3.31. The van der Waals surface area contributed by atoms with E-state index in [0.29, 0.717) is 0 Å². The fourth-order valence-corrected chi connectivity index (χ4v) is 0.340. The number of hydrogen-bond acceptors (Lipinski definition) is 2. The van der Waals surface area contributed by atoms with Crippen LogP contribution in [-0.2, 0) is 9.53 Å². The third-order valence-electron chi connectivity index (χ3n) is 0.964. The smallest absolute Gasteiger partial charge is 0.400 e. The van der Waals surface area contributed by atoms with Gasteiger partial charge in [0.1, 0.15) is 4.87 Å². The van der Waals surface area contributed by atoms with Crippen molar-refractivity contribution >= 4 is 17.6 Å². The second kappa shape index (κ2) is 2.93. The monoisotopic (exact) mass is 186 g/mol. The van der Waals surface area contributed by atoms with Crippen LogP contribution in [0.4, 0.5) is 8.78 Å². The number of alkyl halides is 3. The minimum atomic E-state index is -3.62. The van der Waals surface area contributed by atoms with Crippen molar-refractivity contribution in [1.29, 1.82) is 0 Å². The lowest BCUT2D eigenvalue weighted by atomic mass is 10.2. The van der Waals surface area contributed by atoms with E-state index < -0.39 is 17.0 Å². The molecule has 0 radical (unpaired) electrons. The second-order valence-electron chi connectivity index (χ2n) is 2.58. The SMILES string of the molecule is CC(=O)OC(F)(F)C(C)(C)Cl. The number of ether oxygens (including phenoxy) is 1. The largest absolute Gasteiger partial charge is 0.418 e. The van der Waals surface area contributed by atoms with Crippen molar-refractivity contribution < 1.29 is 18.3 Å². The molecule has 5 heteroatoms. The molecule has 0 heterocycles. The maximum Gasteiger partial charge on any atom is 0.418 e. The van der Waals surface area contributed by atoms with Crippen LogP contribution in [0.5, 0.6) is 0 Å². The van der Waals surface area contributed by atoms with Crippen LogP contribution in [0.15, 0.2) is 0 Å². The highest BCUT2D eigenvalue weighted by atomic mass is 35.5. The van der Waals surface area contributed by atoms with E-state index in [-0.39, 0.29) is 0 Å². The molecule has 0 bridgehead atoms. The van der Waals surface area contributed by atoms with Gasteiger partial charge in [-0.3, -0.25) is 4.79 Å². The Kier molecular flexibility index (Phi) is 2.83. The lowest BCUT2D eigenvalue weighted by Crippen LogP contribution is -2.41. The fourth-order valence-electron chi connectivity index (χ4n) is 0.302. The van der Waals surface area contributed by atoms with Crippen molar-refractivity contribution in [2.75, 3.05) is 0 Å². The number of esters is 1. The molecule has 0 aromatic carbocycles. The van der Waals surface area contributed by atoms with Crippen LogP contribution in [0.2, 0.25) is 0 Å². The Morgan fingerprint density at radius 2 is 1.82 bits per heavy atom. The molecule has 0 fully saturated rings. The molecular weight excluding hydrogens is 178 g/mol. The first-order valence-electron chi connectivity index (χ1n) is 2.93. The zero-order valence-corrected chi connectivity index (χ0v) is 7.21. The van der Waals surface area contributed by atoms with Gasteiger partial charge >= 0.3 is 12.1 Å². The Labute approximate surface area is 68.5 Å². The van der Waals surface area contributed by atoms with Gasteiger partial charge in [0.2, 0.25) is 0 Å². The summed E-state index contributed by atoms with van der Waals surface area (Å²) >= 11 is 5.24. The van der Waals surface area contributed by atoms with Gasteiger partial charge in [-0.1, -0.05) is 0 Å². The quantitative estimate of drug-likeness (QED) is 0.488. The van der Waals surface area contributed by atoms with Crippen molar-refractivity contribution in [2.24, 2.45) is 0 Å². The highest BCUT2D eigenvalue weighted by Crippen LogP contribution is 2.34. The lowest BCUT2D eigenvalue weighted by Gasteiger charge is -2.26. The van der Waals surface area contributed by atoms with Gasteiger partial charge in [0.05, 0.1) is 0 Å². The molecule has 11 heavy (non-hydrogen) atoms. The van der Waals surface area contributed by atoms with Crippen molar-refractivity contribution in [3.8, 4) is 0 Å². The zero-order chi connectivity index (χ0) is 9.28. The molecule has 2 nitrogen and oxygen atoms in total. The van der Waals surface area contributed by atoms with Crippen molar-refractivity contribution in [2.45, 2.75) is 31.8 Å². The maximum absolute atomic E-state index is 12.6. The number of carbonyl (C=O) groups excluding carboxylic acids is 1. The van der Waals surface area contributed by atoms with Gasteiger partial charge in [-0.25, -0.2) is 0 Å². The molecule has 0 amide bonds. The van der Waals surface area contributed by atoms with Gasteiger partial charge in [0, 0.05) is 6.92 Å². The molecule has 0 saturated carbocycles. The van der Waals surface area contributed by atoms with Crippen LogP contribution in [0.3, 0.4) is 0 Å². The molecule has 0 aliphatic carbocycles. The number of hydrogen-bond donors (Lipinski definition) is 0. The predicted molar refractivity (Wildman–Crippen MR) is 36.6 cm³/mol. The summed E-state index contributed by atoms with van der Waals surface area (Å²) in [7, 11) is 0. The molecule has 0 unspecified atom stereocenters. The molecule has 0 aromatic rings. The van der Waals surface area contributed by atoms with E-state index in [1.165, 1.54) is 0 Å². The predicted octanol–water partition coefficient (Wildman–Crippen LogP) is 2.16. The lowest BCUT2D eigenvalue weighted by molar-refractivity contribution is -0.244.